The first kappa shape index (κ1) is 105. The highest BCUT2D eigenvalue weighted by atomic mass is 33.1. The van der Waals surface area contributed by atoms with E-state index in [1.54, 1.807) is 28.7 Å². The molecule has 16 atom stereocenters. The number of hydrazine groups is 1. The van der Waals surface area contributed by atoms with Gasteiger partial charge in [-0.25, -0.2) is 25.0 Å². The number of carboxylic acids is 5. The fourth-order valence-electron chi connectivity index (χ4n) is 20.8. The predicted molar refractivity (Wildman–Crippen MR) is 500 cm³/mol. The highest BCUT2D eigenvalue weighted by Crippen LogP contribution is 2.68. The van der Waals surface area contributed by atoms with Crippen LogP contribution in [-0.2, 0) is 90.8 Å². The Morgan fingerprint density at radius 1 is 0.752 bits per heavy atom. The van der Waals surface area contributed by atoms with E-state index in [2.05, 4.69) is 85.0 Å². The first-order valence-corrected chi connectivity index (χ1v) is 47.6. The van der Waals surface area contributed by atoms with Crippen LogP contribution in [-0.4, -0.2) is 286 Å². The van der Waals surface area contributed by atoms with Crippen LogP contribution >= 0.6 is 21.6 Å². The van der Waals surface area contributed by atoms with Gasteiger partial charge < -0.3 is 98.4 Å². The SMILES string of the molecule is CCSSCCOC(=O)NNC(=O)[C@@]1(O)[C@H](O)[C@]2(CC)C=CCN3CC[C@@]4(c5cc([C@@]6(C(=O)OC)C[C@@H]7CN(CCC8=C6Cc6ccccc68)C[C@](O)(CC)C7)c(OC)cc5N(C)[C@@H]14)[C@@H]32.C[C@H](CC(=O)[C@H](CC(=O)O)NC(=O)[C@H](CC(=O)O)CC(=O)[C@H](CCCN=C(N)N)NC(=O)[C@H](CC(=O)O)CC(=O)CC[C@H](NC(=O)c1ccc(NCc2cnc3nc(N)[nH]c(=O)c3n2)cc1)C(=O)O)C(=O)O. The molecule has 3 fully saturated rings. The summed E-state index contributed by atoms with van der Waals surface area (Å²) >= 11 is 0. The van der Waals surface area contributed by atoms with Crippen molar-refractivity contribution in [3.05, 3.63) is 128 Å². The number of likely N-dealkylation sites (N-methyl/N-ethyl adjacent to an activating group) is 1. The van der Waals surface area contributed by atoms with Gasteiger partial charge in [0.1, 0.15) is 35.7 Å². The lowest BCUT2D eigenvalue weighted by Gasteiger charge is -2.63. The van der Waals surface area contributed by atoms with E-state index in [4.69, 9.17) is 31.4 Å². The van der Waals surface area contributed by atoms with E-state index in [-0.39, 0.29) is 73.1 Å². The van der Waals surface area contributed by atoms with Crippen molar-refractivity contribution in [2.75, 3.05) is 94.6 Å². The number of benzene rings is 3. The van der Waals surface area contributed by atoms with E-state index in [9.17, 15) is 108 Å². The molecule has 7 aliphatic rings. The van der Waals surface area contributed by atoms with E-state index in [0.717, 1.165) is 47.1 Å². The Hall–Kier alpha value is -12.7. The standard InChI is InChI=1S/C49H65N5O9S2.C43H54N12O17/c1-7-45(59)26-30-27-48(43(57)62-6,34-23-31-13-10-11-14-32(31)33(34)15-19-53(28-30)29-45)36-24-35-37(25-38(36)61-5)52(4)40-47(35)17-20-54-18-12-16-46(8-2,39(47)54)41(55)49(40,60)42(56)50-51-44(58)63-21-22-65-64-9-3;1-19(40(69)70)11-29(57)28(16-33(63)64)53-38(67)22(15-32(61)62)13-30(58)26(3-2-10-47-42(44)45)51-37(66)21(14-31(59)60)12-25(56)8-9-27(41(71)72)52-36(65)20-4-6-23(7-5-20)48-17-24-18-49-35-34(50-24)39(68)55-43(46)54-35/h10-14,16,24-25,30,39-41,55,59-60H,7-9,15,17-23,26-29H2,1-6H3,(H,50,56)(H,51,58);4-7,18-19,21-22,26-28,48H,2-3,8-17H2,1H3,(H,51,66)(H,52,65)(H,53,67)(H,59,60)(H,61,62)(H,63,64)(H,69,70)(H,71,72)(H4,44,45,47)(H3,46,49,54,55,68)/t30-,39+,40-,41-,45+,46-,47-,48-,49+;19-,21+,22+,26+,27+,28+/m11/s1. The Kier molecular flexibility index (Phi) is 34.5. The molecule has 2 bridgehead atoms. The molecular weight excluding hydrogens is 1820 g/mol. The summed E-state index contributed by atoms with van der Waals surface area (Å²) in [5, 5.41) is 95.5. The number of nitrogens with zero attached hydrogens (tertiary/aromatic N) is 7. The fourth-order valence-corrected chi connectivity index (χ4v) is 22.3. The highest BCUT2D eigenvalue weighted by Gasteiger charge is 2.79. The van der Waals surface area contributed by atoms with Gasteiger partial charge in [-0.05, 0) is 135 Å². The zero-order valence-electron chi connectivity index (χ0n) is 77.0. The molecule has 2 aliphatic carbocycles. The maximum atomic E-state index is 15.4. The maximum absolute atomic E-state index is 15.4. The minimum Gasteiger partial charge on any atom is -0.496 e. The predicted octanol–water partition coefficient (Wildman–Crippen LogP) is 2.88. The van der Waals surface area contributed by atoms with Gasteiger partial charge in [-0.1, -0.05) is 85.7 Å². The number of esters is 1. The molecule has 12 rings (SSSR count). The van der Waals surface area contributed by atoms with Crippen LogP contribution < -0.4 is 64.5 Å². The van der Waals surface area contributed by atoms with Crippen molar-refractivity contribution >= 4 is 144 Å². The normalized spacial score (nSPS) is 23.8. The summed E-state index contributed by atoms with van der Waals surface area (Å²) in [4.78, 5) is 219. The summed E-state index contributed by atoms with van der Waals surface area (Å²) in [6.07, 6.45) is -0.344. The number of nitrogens with two attached hydrogens (primary N) is 3. The number of ether oxygens (including phenoxy) is 3. The molecule has 1 saturated carbocycles. The van der Waals surface area contributed by atoms with Gasteiger partial charge in [-0.2, -0.15) is 4.98 Å². The van der Waals surface area contributed by atoms with Crippen LogP contribution in [0.1, 0.15) is 169 Å². The quantitative estimate of drug-likeness (QED) is 0.00507. The number of piperidine rings is 1. The number of aliphatic imine (C=N–C) groups is 1. The molecule has 5 aliphatic heterocycles. The Morgan fingerprint density at radius 2 is 1.44 bits per heavy atom. The highest BCUT2D eigenvalue weighted by molar-refractivity contribution is 8.76. The summed E-state index contributed by atoms with van der Waals surface area (Å²) in [5.41, 5.74) is 21.1. The molecule has 1 unspecified atom stereocenters. The largest absolute Gasteiger partial charge is 0.496 e. The number of carbonyl (C=O) groups is 14. The molecule has 3 aromatic carbocycles. The van der Waals surface area contributed by atoms with E-state index in [1.165, 1.54) is 37.6 Å². The molecule has 740 valence electrons. The number of Topliss-reactive ketones (excluding diaryl/α,β-unsaturated/α-hetero) is 3. The van der Waals surface area contributed by atoms with Gasteiger partial charge in [0.2, 0.25) is 17.8 Å². The van der Waals surface area contributed by atoms with Crippen LogP contribution in [0.2, 0.25) is 0 Å². The van der Waals surface area contributed by atoms with Crippen LogP contribution in [0.25, 0.3) is 16.7 Å². The molecule has 5 amide bonds. The number of H-pyrrole nitrogens is 1. The van der Waals surface area contributed by atoms with Crippen LogP contribution in [0.15, 0.2) is 94.4 Å². The minimum absolute atomic E-state index is 0.0226. The average Bonchev–Trinajstić information content (AvgIpc) is 1.48. The van der Waals surface area contributed by atoms with Crippen molar-refractivity contribution in [1.82, 2.24) is 56.5 Å². The number of aliphatic carboxylic acids is 5. The Labute approximate surface area is 795 Å². The number of hydrogen-bond acceptors (Lipinski definition) is 32. The van der Waals surface area contributed by atoms with Crippen LogP contribution in [0.4, 0.5) is 22.1 Å². The van der Waals surface area contributed by atoms with E-state index < -0.39 is 215 Å². The van der Waals surface area contributed by atoms with Crippen molar-refractivity contribution in [2.45, 2.75) is 202 Å². The third-order valence-corrected chi connectivity index (χ3v) is 29.5. The van der Waals surface area contributed by atoms with Crippen LogP contribution in [0.3, 0.4) is 0 Å². The van der Waals surface area contributed by atoms with Gasteiger partial charge in [0.25, 0.3) is 17.4 Å². The van der Waals surface area contributed by atoms with Crippen molar-refractivity contribution in [1.29, 1.82) is 0 Å². The number of nitrogens with one attached hydrogen (secondary N) is 7. The number of nitrogen functional groups attached to an aromatic ring is 1. The molecule has 2 saturated heterocycles. The molecule has 0 radical (unpaired) electrons. The second kappa shape index (κ2) is 45.1. The summed E-state index contributed by atoms with van der Waals surface area (Å²) in [7, 11) is 8.12. The van der Waals surface area contributed by atoms with Gasteiger partial charge in [-0.15, -0.1) is 0 Å². The maximum Gasteiger partial charge on any atom is 0.426 e. The molecule has 2 aromatic heterocycles. The number of aromatic nitrogens is 4. The van der Waals surface area contributed by atoms with Crippen molar-refractivity contribution in [2.24, 2.45) is 45.5 Å². The number of ketones is 3. The van der Waals surface area contributed by atoms with Crippen LogP contribution in [0.5, 0.6) is 5.75 Å². The molecule has 137 heavy (non-hydrogen) atoms. The monoisotopic (exact) mass is 1940 g/mol. The third-order valence-electron chi connectivity index (χ3n) is 27.0. The number of guanidine groups is 1. The van der Waals surface area contributed by atoms with E-state index in [0.29, 0.717) is 105 Å². The van der Waals surface area contributed by atoms with Gasteiger partial charge in [-0.3, -0.25) is 87.5 Å². The second-order valence-electron chi connectivity index (χ2n) is 35.7. The molecular formula is C92H119N17O26S2. The zero-order chi connectivity index (χ0) is 99.9. The third kappa shape index (κ3) is 23.3. The van der Waals surface area contributed by atoms with Gasteiger partial charge in [0.05, 0.1) is 93.4 Å². The fraction of sp³-hybridized carbons (Fsp3) is 0.533. The molecule has 43 nitrogen and oxygen atoms in total. The number of aliphatic hydroxyl groups is 3. The van der Waals surface area contributed by atoms with E-state index >= 15 is 4.79 Å². The lowest BCUT2D eigenvalue weighted by Crippen LogP contribution is -2.82. The second-order valence-corrected chi connectivity index (χ2v) is 38.6. The minimum atomic E-state index is -2.47. The first-order chi connectivity index (χ1) is 65.0. The summed E-state index contributed by atoms with van der Waals surface area (Å²) in [6, 6.07) is 11.7. The number of fused-ring (bicyclic) bond motifs is 6. The number of hydrogen-bond donors (Lipinski definition) is 18. The van der Waals surface area contributed by atoms with Crippen LogP contribution in [0, 0.1) is 29.1 Å². The summed E-state index contributed by atoms with van der Waals surface area (Å²) < 4.78 is 17.7. The van der Waals surface area contributed by atoms with Crippen molar-refractivity contribution < 1.29 is 122 Å². The molecule has 21 N–H and O–H groups in total. The number of aromatic amines is 1. The summed E-state index contributed by atoms with van der Waals surface area (Å²) in [5.74, 6) is -18.5. The Balaban J connectivity index is 0.000000264. The topological polar surface area (TPSA) is 672 Å². The molecule has 45 heteroatoms. The Morgan fingerprint density at radius 3 is 2.09 bits per heavy atom. The lowest BCUT2D eigenvalue weighted by atomic mass is 9.47. The molecule has 5 aromatic rings. The number of rotatable bonds is 43. The number of carbonyl (C=O) groups excluding carboxylic acids is 9. The molecule has 7 heterocycles. The number of carboxylic acid groups (broad SMARTS) is 5. The number of amides is 5. The molecule has 1 spiro atoms. The van der Waals surface area contributed by atoms with Gasteiger partial charge >= 0.3 is 41.9 Å². The average molecular weight is 1940 g/mol. The number of aliphatic hydroxyl groups excluding tert-OH is 1. The van der Waals surface area contributed by atoms with Gasteiger partial charge in [0.15, 0.2) is 34.3 Å². The van der Waals surface area contributed by atoms with Crippen molar-refractivity contribution in [3.8, 4) is 5.75 Å². The van der Waals surface area contributed by atoms with Crippen molar-refractivity contribution in [3.63, 3.8) is 0 Å². The Bertz CT molecular complexity index is 5600. The van der Waals surface area contributed by atoms with E-state index in [1.807, 2.05) is 63.1 Å². The first-order valence-electron chi connectivity index (χ1n) is 45.2. The lowest BCUT2D eigenvalue weighted by molar-refractivity contribution is -0.204. The smallest absolute Gasteiger partial charge is 0.426 e. The number of anilines is 3. The van der Waals surface area contributed by atoms with Gasteiger partial charge in [0, 0.05) is 122 Å². The summed E-state index contributed by atoms with van der Waals surface area (Å²) in [6.45, 7) is 10.6. The number of methoxy groups -OCH3 is 2. The zero-order valence-corrected chi connectivity index (χ0v) is 78.6.